The summed E-state index contributed by atoms with van der Waals surface area (Å²) in [7, 11) is 0. The Kier molecular flexibility index (Phi) is 4.74. The minimum Gasteiger partial charge on any atom is -0.346 e. The summed E-state index contributed by atoms with van der Waals surface area (Å²) in [6.07, 6.45) is 8.67. The molecule has 2 aromatic heterocycles. The Morgan fingerprint density at radius 3 is 2.68 bits per heavy atom. The highest BCUT2D eigenvalue weighted by Gasteiger charge is 2.44. The predicted octanol–water partition coefficient (Wildman–Crippen LogP) is 5.59. The van der Waals surface area contributed by atoms with E-state index >= 15 is 0 Å². The normalized spacial score (nSPS) is 27.9. The van der Waals surface area contributed by atoms with Crippen LogP contribution in [-0.4, -0.2) is 31.4 Å². The van der Waals surface area contributed by atoms with Gasteiger partial charge < -0.3 is 9.47 Å². The van der Waals surface area contributed by atoms with E-state index in [0.717, 1.165) is 12.2 Å². The zero-order chi connectivity index (χ0) is 19.3. The standard InChI is InChI=1S/C23H30N4S/c1-15-13-19(17(3)27(15)18-9-5-4-6-10-18)22-21(20-11-7-8-12-24-20)25-23-26(22)14-16(2)28-23/h7-8,11-13,16,18,21-22H,4-6,9-10,14H2,1-3H3/t16-,21-,22-/m1/s1. The Bertz CT molecular complexity index is 882. The maximum absolute atomic E-state index is 5.15. The van der Waals surface area contributed by atoms with Gasteiger partial charge in [0, 0.05) is 35.4 Å². The van der Waals surface area contributed by atoms with E-state index in [4.69, 9.17) is 4.99 Å². The van der Waals surface area contributed by atoms with Crippen LogP contribution in [-0.2, 0) is 0 Å². The van der Waals surface area contributed by atoms with Crippen LogP contribution in [0.4, 0.5) is 0 Å². The number of aryl methyl sites for hydroxylation is 1. The first kappa shape index (κ1) is 18.3. The molecule has 1 aliphatic carbocycles. The Labute approximate surface area is 172 Å². The topological polar surface area (TPSA) is 33.4 Å². The van der Waals surface area contributed by atoms with Crippen molar-refractivity contribution in [2.24, 2.45) is 4.99 Å². The van der Waals surface area contributed by atoms with Crippen LogP contribution in [0.5, 0.6) is 0 Å². The number of fused-ring (bicyclic) bond motifs is 1. The number of thioether (sulfide) groups is 1. The molecule has 5 heteroatoms. The summed E-state index contributed by atoms with van der Waals surface area (Å²) in [4.78, 5) is 12.4. The zero-order valence-electron chi connectivity index (χ0n) is 17.1. The summed E-state index contributed by atoms with van der Waals surface area (Å²) in [5, 5.41) is 1.81. The van der Waals surface area contributed by atoms with Crippen LogP contribution in [0.15, 0.2) is 35.5 Å². The van der Waals surface area contributed by atoms with Crippen LogP contribution in [0.25, 0.3) is 0 Å². The highest BCUT2D eigenvalue weighted by atomic mass is 32.2. The molecule has 3 atom stereocenters. The van der Waals surface area contributed by atoms with Crippen LogP contribution in [0.1, 0.15) is 79.8 Å². The van der Waals surface area contributed by atoms with E-state index in [1.807, 2.05) is 24.0 Å². The molecule has 0 spiro atoms. The fourth-order valence-corrected chi connectivity index (χ4v) is 6.55. The number of rotatable bonds is 3. The van der Waals surface area contributed by atoms with E-state index in [-0.39, 0.29) is 12.1 Å². The first-order valence-electron chi connectivity index (χ1n) is 10.7. The summed E-state index contributed by atoms with van der Waals surface area (Å²) < 4.78 is 2.63. The summed E-state index contributed by atoms with van der Waals surface area (Å²) in [5.41, 5.74) is 5.39. The van der Waals surface area contributed by atoms with Gasteiger partial charge in [0.25, 0.3) is 0 Å². The molecule has 0 bridgehead atoms. The first-order valence-corrected chi connectivity index (χ1v) is 11.6. The maximum atomic E-state index is 5.15. The van der Waals surface area contributed by atoms with Gasteiger partial charge in [-0.2, -0.15) is 0 Å². The van der Waals surface area contributed by atoms with Crippen molar-refractivity contribution in [2.75, 3.05) is 6.54 Å². The van der Waals surface area contributed by atoms with E-state index in [1.54, 1.807) is 0 Å². The summed E-state index contributed by atoms with van der Waals surface area (Å²) in [6.45, 7) is 8.00. The van der Waals surface area contributed by atoms with Crippen LogP contribution in [0, 0.1) is 13.8 Å². The third-order valence-corrected chi connectivity index (χ3v) is 7.77. The lowest BCUT2D eigenvalue weighted by molar-refractivity contribution is 0.315. The Morgan fingerprint density at radius 1 is 1.11 bits per heavy atom. The molecule has 0 radical (unpaired) electrons. The average Bonchev–Trinajstić information content (AvgIpc) is 3.33. The average molecular weight is 395 g/mol. The molecule has 148 valence electrons. The number of aliphatic imine (C=N–C) groups is 1. The number of nitrogens with zero attached hydrogens (tertiary/aromatic N) is 4. The van der Waals surface area contributed by atoms with Gasteiger partial charge in [0.2, 0.25) is 0 Å². The lowest BCUT2D eigenvalue weighted by atomic mass is 9.94. The molecule has 28 heavy (non-hydrogen) atoms. The second-order valence-electron chi connectivity index (χ2n) is 8.63. The van der Waals surface area contributed by atoms with Crippen LogP contribution >= 0.6 is 11.8 Å². The maximum Gasteiger partial charge on any atom is 0.160 e. The van der Waals surface area contributed by atoms with Crippen molar-refractivity contribution in [2.45, 2.75) is 76.3 Å². The second-order valence-corrected chi connectivity index (χ2v) is 10.0. The molecule has 2 fully saturated rings. The highest BCUT2D eigenvalue weighted by Crippen LogP contribution is 2.49. The summed E-state index contributed by atoms with van der Waals surface area (Å²) >= 11 is 1.92. The molecule has 4 nitrogen and oxygen atoms in total. The molecular formula is C23H30N4S. The molecular weight excluding hydrogens is 364 g/mol. The minimum absolute atomic E-state index is 0.0940. The molecule has 0 unspecified atom stereocenters. The monoisotopic (exact) mass is 394 g/mol. The number of hydrogen-bond donors (Lipinski definition) is 0. The lowest BCUT2D eigenvalue weighted by Crippen LogP contribution is -2.29. The van der Waals surface area contributed by atoms with Gasteiger partial charge in [-0.05, 0) is 50.5 Å². The lowest BCUT2D eigenvalue weighted by Gasteiger charge is -2.29. The van der Waals surface area contributed by atoms with Crippen molar-refractivity contribution in [3.8, 4) is 0 Å². The van der Waals surface area contributed by atoms with Crippen molar-refractivity contribution in [3.63, 3.8) is 0 Å². The SMILES string of the molecule is Cc1cc([C@@H]2[C@@H](c3ccccn3)N=C3S[C@H](C)CN32)c(C)n1C1CCCCC1. The minimum atomic E-state index is 0.0940. The molecule has 1 saturated heterocycles. The number of pyridine rings is 1. The molecule has 2 aliphatic heterocycles. The quantitative estimate of drug-likeness (QED) is 0.680. The van der Waals surface area contributed by atoms with Gasteiger partial charge in [-0.25, -0.2) is 0 Å². The molecule has 5 rings (SSSR count). The molecule has 3 aliphatic rings. The molecule has 0 aromatic carbocycles. The van der Waals surface area contributed by atoms with E-state index in [2.05, 4.69) is 53.4 Å². The van der Waals surface area contributed by atoms with Gasteiger partial charge in [-0.1, -0.05) is 44.0 Å². The van der Waals surface area contributed by atoms with E-state index < -0.39 is 0 Å². The van der Waals surface area contributed by atoms with Gasteiger partial charge in [0.15, 0.2) is 5.17 Å². The largest absolute Gasteiger partial charge is 0.346 e. The van der Waals surface area contributed by atoms with Crippen molar-refractivity contribution in [3.05, 3.63) is 53.1 Å². The Balaban J connectivity index is 1.56. The summed E-state index contributed by atoms with van der Waals surface area (Å²) in [5.74, 6) is 0. The highest BCUT2D eigenvalue weighted by molar-refractivity contribution is 8.14. The fraction of sp³-hybridized carbons (Fsp3) is 0.565. The third-order valence-electron chi connectivity index (χ3n) is 6.66. The number of hydrogen-bond acceptors (Lipinski definition) is 4. The smallest absolute Gasteiger partial charge is 0.160 e. The first-order chi connectivity index (χ1) is 13.6. The van der Waals surface area contributed by atoms with Crippen LogP contribution in [0.2, 0.25) is 0 Å². The predicted molar refractivity (Wildman–Crippen MR) is 117 cm³/mol. The van der Waals surface area contributed by atoms with Gasteiger partial charge in [-0.15, -0.1) is 0 Å². The zero-order valence-corrected chi connectivity index (χ0v) is 18.0. The van der Waals surface area contributed by atoms with Gasteiger partial charge in [0.1, 0.15) is 6.04 Å². The van der Waals surface area contributed by atoms with E-state index in [1.165, 1.54) is 54.2 Å². The van der Waals surface area contributed by atoms with Crippen molar-refractivity contribution < 1.29 is 0 Å². The number of aromatic nitrogens is 2. The van der Waals surface area contributed by atoms with Gasteiger partial charge in [-0.3, -0.25) is 9.98 Å². The fourth-order valence-electron chi connectivity index (χ4n) is 5.46. The Hall–Kier alpha value is -1.75. The van der Waals surface area contributed by atoms with Crippen molar-refractivity contribution >= 4 is 16.9 Å². The van der Waals surface area contributed by atoms with Gasteiger partial charge in [0.05, 0.1) is 11.7 Å². The van der Waals surface area contributed by atoms with Crippen LogP contribution < -0.4 is 0 Å². The van der Waals surface area contributed by atoms with Crippen molar-refractivity contribution in [1.82, 2.24) is 14.5 Å². The van der Waals surface area contributed by atoms with Crippen molar-refractivity contribution in [1.29, 1.82) is 0 Å². The molecule has 0 N–H and O–H groups in total. The summed E-state index contributed by atoms with van der Waals surface area (Å²) in [6, 6.07) is 9.69. The second kappa shape index (κ2) is 7.25. The third kappa shape index (κ3) is 2.99. The molecule has 4 heterocycles. The Morgan fingerprint density at radius 2 is 1.93 bits per heavy atom. The molecule has 0 amide bonds. The number of amidine groups is 1. The molecule has 1 saturated carbocycles. The van der Waals surface area contributed by atoms with E-state index in [9.17, 15) is 0 Å². The molecule has 2 aromatic rings. The van der Waals surface area contributed by atoms with E-state index in [0.29, 0.717) is 11.3 Å². The van der Waals surface area contributed by atoms with Crippen LogP contribution in [0.3, 0.4) is 0 Å². The van der Waals surface area contributed by atoms with Gasteiger partial charge >= 0.3 is 0 Å².